The molecule has 2 aromatic rings. The van der Waals surface area contributed by atoms with Gasteiger partial charge in [0.2, 0.25) is 0 Å². The van der Waals surface area contributed by atoms with Crippen LogP contribution in [-0.2, 0) is 5.75 Å². The van der Waals surface area contributed by atoms with E-state index >= 15 is 0 Å². The zero-order valence-corrected chi connectivity index (χ0v) is 13.5. The Hall–Kier alpha value is -1.33. The molecule has 0 radical (unpaired) electrons. The normalized spacial score (nSPS) is 10.5. The second kappa shape index (κ2) is 7.45. The number of rotatable bonds is 5. The molecule has 0 amide bonds. The summed E-state index contributed by atoms with van der Waals surface area (Å²) in [5.41, 5.74) is 2.36. The summed E-state index contributed by atoms with van der Waals surface area (Å²) in [4.78, 5) is 2.21. The van der Waals surface area contributed by atoms with Crippen LogP contribution in [0.3, 0.4) is 0 Å². The summed E-state index contributed by atoms with van der Waals surface area (Å²) < 4.78 is 2.84. The molecule has 0 aliphatic heterocycles. The molecule has 0 saturated carbocycles. The Balaban J connectivity index is 1.93. The van der Waals surface area contributed by atoms with Crippen LogP contribution in [0.1, 0.15) is 19.4 Å². The van der Waals surface area contributed by atoms with Crippen molar-refractivity contribution in [2.45, 2.75) is 19.6 Å². The van der Waals surface area contributed by atoms with Crippen LogP contribution in [0.4, 0.5) is 0 Å². The van der Waals surface area contributed by atoms with Gasteiger partial charge in [-0.25, -0.2) is 4.68 Å². The molecule has 0 spiro atoms. The van der Waals surface area contributed by atoms with Gasteiger partial charge in [0.15, 0.2) is 0 Å². The fourth-order valence-electron chi connectivity index (χ4n) is 1.88. The zero-order valence-electron chi connectivity index (χ0n) is 11.8. The molecule has 1 aromatic heterocycles. The summed E-state index contributed by atoms with van der Waals surface area (Å²) in [5, 5.41) is 4.22. The predicted molar refractivity (Wildman–Crippen MR) is 90.4 cm³/mol. The van der Waals surface area contributed by atoms with Gasteiger partial charge in [-0.1, -0.05) is 36.1 Å². The summed E-state index contributed by atoms with van der Waals surface area (Å²) in [5.74, 6) is 0.911. The second-order valence-electron chi connectivity index (χ2n) is 4.34. The van der Waals surface area contributed by atoms with E-state index in [-0.39, 0.29) is 0 Å². The smallest absolute Gasteiger partial charge is 0.136 e. The summed E-state index contributed by atoms with van der Waals surface area (Å²) >= 11 is 7.16. The first-order valence-electron chi connectivity index (χ1n) is 6.75. The van der Waals surface area contributed by atoms with Crippen molar-refractivity contribution in [2.75, 3.05) is 13.1 Å². The molecule has 0 saturated heterocycles. The molecule has 0 aliphatic carbocycles. The molecule has 5 heteroatoms. The van der Waals surface area contributed by atoms with Crippen molar-refractivity contribution in [1.29, 1.82) is 0 Å². The third kappa shape index (κ3) is 3.84. The van der Waals surface area contributed by atoms with Gasteiger partial charge < -0.3 is 4.90 Å². The Bertz CT molecular complexity index is 531. The van der Waals surface area contributed by atoms with Crippen LogP contribution < -0.4 is 0 Å². The Morgan fingerprint density at radius 3 is 2.50 bits per heavy atom. The first-order valence-corrected chi connectivity index (χ1v) is 8.14. The predicted octanol–water partition coefficient (Wildman–Crippen LogP) is 3.73. The van der Waals surface area contributed by atoms with Gasteiger partial charge in [-0.2, -0.15) is 5.10 Å². The monoisotopic (exact) mass is 305 g/mol. The van der Waals surface area contributed by atoms with Gasteiger partial charge in [-0.15, -0.1) is 0 Å². The quantitative estimate of drug-likeness (QED) is 0.784. The molecule has 0 aliphatic rings. The van der Waals surface area contributed by atoms with Gasteiger partial charge in [0.25, 0.3) is 0 Å². The number of nitrogens with zero attached hydrogens (tertiary/aromatic N) is 3. The molecular weight excluding hydrogens is 286 g/mol. The molecule has 0 fully saturated rings. The topological polar surface area (TPSA) is 21.1 Å². The molecular formula is C15H19N3S2. The van der Waals surface area contributed by atoms with Crippen LogP contribution in [0, 0.1) is 0 Å². The van der Waals surface area contributed by atoms with E-state index in [1.807, 2.05) is 16.9 Å². The molecule has 0 atom stereocenters. The Kier molecular flexibility index (Phi) is 5.61. The van der Waals surface area contributed by atoms with Crippen LogP contribution in [0.25, 0.3) is 5.69 Å². The second-order valence-corrected chi connectivity index (χ2v) is 5.95. The minimum atomic E-state index is 0.911. The van der Waals surface area contributed by atoms with Crippen molar-refractivity contribution < 1.29 is 0 Å². The molecule has 3 nitrogen and oxygen atoms in total. The van der Waals surface area contributed by atoms with E-state index < -0.39 is 0 Å². The first kappa shape index (κ1) is 15.1. The molecule has 0 N–H and O–H groups in total. The van der Waals surface area contributed by atoms with E-state index in [2.05, 4.69) is 48.1 Å². The lowest BCUT2D eigenvalue weighted by Gasteiger charge is -2.20. The van der Waals surface area contributed by atoms with Gasteiger partial charge in [0.05, 0.1) is 5.69 Å². The number of aromatic nitrogens is 2. The molecule has 0 unspecified atom stereocenters. The minimum absolute atomic E-state index is 0.911. The number of thiocarbonyl (C=S) groups is 1. The average molecular weight is 305 g/mol. The fraction of sp³-hybridized carbons (Fsp3) is 0.333. The summed E-state index contributed by atoms with van der Waals surface area (Å²) in [7, 11) is 0. The van der Waals surface area contributed by atoms with Crippen LogP contribution in [0.15, 0.2) is 42.7 Å². The number of benzene rings is 1. The third-order valence-electron chi connectivity index (χ3n) is 3.09. The third-order valence-corrected chi connectivity index (χ3v) is 4.68. The zero-order chi connectivity index (χ0) is 14.4. The number of thioether (sulfide) groups is 1. The van der Waals surface area contributed by atoms with E-state index in [9.17, 15) is 0 Å². The average Bonchev–Trinajstić information content (AvgIpc) is 3.01. The lowest BCUT2D eigenvalue weighted by molar-refractivity contribution is 0.482. The van der Waals surface area contributed by atoms with Gasteiger partial charge in [0, 0.05) is 31.2 Å². The molecule has 20 heavy (non-hydrogen) atoms. The Morgan fingerprint density at radius 1 is 1.25 bits per heavy atom. The lowest BCUT2D eigenvalue weighted by atomic mass is 10.2. The van der Waals surface area contributed by atoms with Crippen LogP contribution in [0.5, 0.6) is 0 Å². The van der Waals surface area contributed by atoms with Crippen LogP contribution >= 0.6 is 24.0 Å². The van der Waals surface area contributed by atoms with Gasteiger partial charge >= 0.3 is 0 Å². The van der Waals surface area contributed by atoms with E-state index in [1.54, 1.807) is 18.0 Å². The maximum Gasteiger partial charge on any atom is 0.136 e. The SMILES string of the molecule is CCN(CC)C(=S)SCc1ccc(-n2cccn2)cc1. The van der Waals surface area contributed by atoms with Gasteiger partial charge in [-0.05, 0) is 37.6 Å². The Labute approximate surface area is 130 Å². The highest BCUT2D eigenvalue weighted by molar-refractivity contribution is 8.22. The van der Waals surface area contributed by atoms with Crippen molar-refractivity contribution >= 4 is 28.3 Å². The van der Waals surface area contributed by atoms with E-state index in [0.717, 1.165) is 28.9 Å². The van der Waals surface area contributed by atoms with Crippen LogP contribution in [0.2, 0.25) is 0 Å². The lowest BCUT2D eigenvalue weighted by Crippen LogP contribution is -2.26. The minimum Gasteiger partial charge on any atom is -0.358 e. The van der Waals surface area contributed by atoms with Crippen molar-refractivity contribution in [2.24, 2.45) is 0 Å². The highest BCUT2D eigenvalue weighted by Crippen LogP contribution is 2.18. The molecule has 106 valence electrons. The maximum absolute atomic E-state index is 5.44. The van der Waals surface area contributed by atoms with Gasteiger partial charge in [-0.3, -0.25) is 0 Å². The van der Waals surface area contributed by atoms with Crippen molar-refractivity contribution in [1.82, 2.24) is 14.7 Å². The summed E-state index contributed by atoms with van der Waals surface area (Å²) in [6.45, 7) is 6.21. The molecule has 1 aromatic carbocycles. The standard InChI is InChI=1S/C15H19N3S2/c1-3-17(4-2)15(19)20-12-13-6-8-14(9-7-13)18-11-5-10-16-18/h5-11H,3-4,12H2,1-2H3. The van der Waals surface area contributed by atoms with Gasteiger partial charge in [0.1, 0.15) is 4.32 Å². The largest absolute Gasteiger partial charge is 0.358 e. The fourth-order valence-corrected chi connectivity index (χ4v) is 3.24. The summed E-state index contributed by atoms with van der Waals surface area (Å²) in [6, 6.07) is 10.4. The molecule has 2 rings (SSSR count). The van der Waals surface area contributed by atoms with E-state index in [1.165, 1.54) is 5.56 Å². The van der Waals surface area contributed by atoms with E-state index in [4.69, 9.17) is 12.2 Å². The number of hydrogen-bond donors (Lipinski definition) is 0. The molecule has 1 heterocycles. The van der Waals surface area contributed by atoms with Crippen molar-refractivity contribution in [3.63, 3.8) is 0 Å². The highest BCUT2D eigenvalue weighted by atomic mass is 32.2. The Morgan fingerprint density at radius 2 is 1.95 bits per heavy atom. The maximum atomic E-state index is 5.44. The first-order chi connectivity index (χ1) is 9.74. The molecule has 0 bridgehead atoms. The van der Waals surface area contributed by atoms with Crippen molar-refractivity contribution in [3.8, 4) is 5.69 Å². The van der Waals surface area contributed by atoms with Crippen molar-refractivity contribution in [3.05, 3.63) is 48.3 Å². The highest BCUT2D eigenvalue weighted by Gasteiger charge is 2.06. The van der Waals surface area contributed by atoms with E-state index in [0.29, 0.717) is 0 Å². The summed E-state index contributed by atoms with van der Waals surface area (Å²) in [6.07, 6.45) is 3.73. The number of hydrogen-bond acceptors (Lipinski definition) is 3. The van der Waals surface area contributed by atoms with Crippen LogP contribution in [-0.4, -0.2) is 32.1 Å².